The molecule has 2 aromatic heterocycles. The van der Waals surface area contributed by atoms with Crippen LogP contribution in [-0.2, 0) is 11.3 Å². The van der Waals surface area contributed by atoms with E-state index in [1.807, 2.05) is 82.3 Å². The molecular formula is C34H28Cl2N4O2S. The molecule has 0 aliphatic heterocycles. The van der Waals surface area contributed by atoms with Crippen molar-refractivity contribution in [3.63, 3.8) is 0 Å². The minimum atomic E-state index is -0.565. The number of aryl methyl sites for hydroxylation is 3. The number of rotatable bonds is 6. The first kappa shape index (κ1) is 30.1. The molecule has 43 heavy (non-hydrogen) atoms. The molecule has 0 bridgehead atoms. The third kappa shape index (κ3) is 6.23. The Morgan fingerprint density at radius 2 is 1.58 bits per heavy atom. The number of carbonyl (C=O) groups excluding carboxylic acids is 1. The summed E-state index contributed by atoms with van der Waals surface area (Å²) >= 11 is 13.2. The van der Waals surface area contributed by atoms with Crippen molar-refractivity contribution in [3.8, 4) is 17.4 Å². The summed E-state index contributed by atoms with van der Waals surface area (Å²) in [6, 6.07) is 24.4. The van der Waals surface area contributed by atoms with Crippen LogP contribution in [0.4, 0.5) is 0 Å². The van der Waals surface area contributed by atoms with Crippen LogP contribution in [0.2, 0.25) is 10.0 Å². The van der Waals surface area contributed by atoms with E-state index >= 15 is 0 Å². The topological polar surface area (TPSA) is 79.8 Å². The first-order valence-corrected chi connectivity index (χ1v) is 15.1. The second-order valence-electron chi connectivity index (χ2n) is 10.3. The summed E-state index contributed by atoms with van der Waals surface area (Å²) in [5.74, 6) is -0.565. The SMILES string of the molecule is Cc1ccc(-n2c(=O)/c(=C/c3cc(C)n(-c4ccc(Cl)cc4)c3C)s/c2=C(/C#N)C(=O)NCc2ccc(Cl)cc2)c(C)c1. The molecule has 2 heterocycles. The molecule has 1 amide bonds. The zero-order valence-electron chi connectivity index (χ0n) is 24.0. The van der Waals surface area contributed by atoms with E-state index in [9.17, 15) is 14.9 Å². The van der Waals surface area contributed by atoms with Crippen LogP contribution < -0.4 is 20.1 Å². The van der Waals surface area contributed by atoms with E-state index in [1.54, 1.807) is 24.3 Å². The molecule has 9 heteroatoms. The van der Waals surface area contributed by atoms with Gasteiger partial charge in [0.15, 0.2) is 5.57 Å². The van der Waals surface area contributed by atoms with E-state index in [1.165, 1.54) is 4.57 Å². The number of nitriles is 1. The van der Waals surface area contributed by atoms with Gasteiger partial charge < -0.3 is 9.88 Å². The van der Waals surface area contributed by atoms with Crippen LogP contribution in [0.15, 0.2) is 77.6 Å². The first-order chi connectivity index (χ1) is 20.6. The number of halogens is 2. The lowest BCUT2D eigenvalue weighted by Crippen LogP contribution is -2.34. The summed E-state index contributed by atoms with van der Waals surface area (Å²) < 4.78 is 4.25. The van der Waals surface area contributed by atoms with Gasteiger partial charge >= 0.3 is 0 Å². The molecule has 0 spiro atoms. The Hall–Kier alpha value is -4.35. The van der Waals surface area contributed by atoms with Gasteiger partial charge in [-0.1, -0.05) is 53.0 Å². The van der Waals surface area contributed by atoms with Crippen molar-refractivity contribution in [3.05, 3.63) is 136 Å². The number of hydrogen-bond acceptors (Lipinski definition) is 4. The Bertz CT molecular complexity index is 2080. The van der Waals surface area contributed by atoms with Gasteiger partial charge in [0.1, 0.15) is 10.7 Å². The number of nitrogens with zero attached hydrogens (tertiary/aromatic N) is 3. The lowest BCUT2D eigenvalue weighted by molar-refractivity contribution is -0.115. The molecule has 0 radical (unpaired) electrons. The largest absolute Gasteiger partial charge is 0.347 e. The van der Waals surface area contributed by atoms with Gasteiger partial charge in [-0.25, -0.2) is 0 Å². The normalized spacial score (nSPS) is 12.3. The van der Waals surface area contributed by atoms with Crippen molar-refractivity contribution >= 4 is 52.1 Å². The predicted octanol–water partition coefficient (Wildman–Crippen LogP) is 6.05. The van der Waals surface area contributed by atoms with Crippen molar-refractivity contribution in [2.75, 3.05) is 0 Å². The van der Waals surface area contributed by atoms with Crippen molar-refractivity contribution in [2.45, 2.75) is 34.2 Å². The van der Waals surface area contributed by atoms with Crippen molar-refractivity contribution in [1.82, 2.24) is 14.5 Å². The second-order valence-corrected chi connectivity index (χ2v) is 12.2. The number of thiazole rings is 1. The Labute approximate surface area is 263 Å². The highest BCUT2D eigenvalue weighted by atomic mass is 35.5. The quantitative estimate of drug-likeness (QED) is 0.249. The van der Waals surface area contributed by atoms with Crippen LogP contribution in [-0.4, -0.2) is 15.0 Å². The molecule has 1 N–H and O–H groups in total. The summed E-state index contributed by atoms with van der Waals surface area (Å²) in [4.78, 5) is 27.4. The number of carbonyl (C=O) groups is 1. The monoisotopic (exact) mass is 626 g/mol. The third-order valence-electron chi connectivity index (χ3n) is 7.18. The fourth-order valence-corrected chi connectivity index (χ4v) is 6.39. The van der Waals surface area contributed by atoms with Crippen molar-refractivity contribution in [1.29, 1.82) is 5.26 Å². The van der Waals surface area contributed by atoms with Crippen LogP contribution in [0.1, 0.15) is 33.6 Å². The molecule has 3 aromatic carbocycles. The minimum absolute atomic E-state index is 0.137. The fourth-order valence-electron chi connectivity index (χ4n) is 5.06. The van der Waals surface area contributed by atoms with Gasteiger partial charge in [-0.2, -0.15) is 5.26 Å². The van der Waals surface area contributed by atoms with Gasteiger partial charge in [0.2, 0.25) is 0 Å². The molecule has 0 atom stereocenters. The highest BCUT2D eigenvalue weighted by Crippen LogP contribution is 2.23. The highest BCUT2D eigenvalue weighted by molar-refractivity contribution is 7.07. The zero-order valence-corrected chi connectivity index (χ0v) is 26.4. The molecule has 0 unspecified atom stereocenters. The number of aromatic nitrogens is 2. The van der Waals surface area contributed by atoms with Crippen LogP contribution in [0.3, 0.4) is 0 Å². The number of hydrogen-bond donors (Lipinski definition) is 1. The molecule has 6 nitrogen and oxygen atoms in total. The maximum atomic E-state index is 14.1. The van der Waals surface area contributed by atoms with Crippen LogP contribution in [0, 0.1) is 39.0 Å². The Balaban J connectivity index is 1.69. The average Bonchev–Trinajstić information content (AvgIpc) is 3.43. The number of benzene rings is 3. The van der Waals surface area contributed by atoms with E-state index in [-0.39, 0.29) is 22.3 Å². The lowest BCUT2D eigenvalue weighted by atomic mass is 10.1. The Morgan fingerprint density at radius 3 is 2.21 bits per heavy atom. The summed E-state index contributed by atoms with van der Waals surface area (Å²) in [5.41, 5.74) is 6.64. The Morgan fingerprint density at radius 1 is 0.930 bits per heavy atom. The molecule has 5 rings (SSSR count). The molecule has 0 saturated heterocycles. The van der Waals surface area contributed by atoms with Crippen LogP contribution in [0.5, 0.6) is 0 Å². The van der Waals surface area contributed by atoms with Gasteiger partial charge in [-0.15, -0.1) is 11.3 Å². The molecule has 0 aliphatic carbocycles. The van der Waals surface area contributed by atoms with Gasteiger partial charge in [-0.05, 0) is 99.0 Å². The van der Waals surface area contributed by atoms with Crippen molar-refractivity contribution in [2.24, 2.45) is 0 Å². The molecule has 0 fully saturated rings. The van der Waals surface area contributed by atoms with Crippen LogP contribution in [0.25, 0.3) is 23.0 Å². The highest BCUT2D eigenvalue weighted by Gasteiger charge is 2.19. The number of amides is 1. The zero-order chi connectivity index (χ0) is 30.8. The molecular weight excluding hydrogens is 599 g/mol. The lowest BCUT2D eigenvalue weighted by Gasteiger charge is -2.09. The fraction of sp³-hybridized carbons (Fsp3) is 0.147. The first-order valence-electron chi connectivity index (χ1n) is 13.5. The molecule has 216 valence electrons. The van der Waals surface area contributed by atoms with E-state index in [0.717, 1.165) is 50.7 Å². The third-order valence-corrected chi connectivity index (χ3v) is 8.77. The Kier molecular flexibility index (Phi) is 8.74. The summed E-state index contributed by atoms with van der Waals surface area (Å²) in [5, 5.41) is 14.2. The van der Waals surface area contributed by atoms with E-state index in [2.05, 4.69) is 16.0 Å². The van der Waals surface area contributed by atoms with Gasteiger partial charge in [0, 0.05) is 33.7 Å². The van der Waals surface area contributed by atoms with E-state index in [0.29, 0.717) is 20.3 Å². The van der Waals surface area contributed by atoms with E-state index in [4.69, 9.17) is 23.2 Å². The maximum Gasteiger partial charge on any atom is 0.273 e. The minimum Gasteiger partial charge on any atom is -0.347 e. The van der Waals surface area contributed by atoms with Gasteiger partial charge in [0.25, 0.3) is 11.5 Å². The average molecular weight is 628 g/mol. The summed E-state index contributed by atoms with van der Waals surface area (Å²) in [6.07, 6.45) is 1.83. The summed E-state index contributed by atoms with van der Waals surface area (Å²) in [7, 11) is 0. The molecule has 5 aromatic rings. The van der Waals surface area contributed by atoms with Crippen molar-refractivity contribution < 1.29 is 4.79 Å². The smallest absolute Gasteiger partial charge is 0.273 e. The van der Waals surface area contributed by atoms with Gasteiger partial charge in [0.05, 0.1) is 10.2 Å². The van der Waals surface area contributed by atoms with E-state index < -0.39 is 5.91 Å². The van der Waals surface area contributed by atoms with Gasteiger partial charge in [-0.3, -0.25) is 14.2 Å². The number of nitrogens with one attached hydrogen (secondary N) is 1. The second kappa shape index (κ2) is 12.5. The summed E-state index contributed by atoms with van der Waals surface area (Å²) in [6.45, 7) is 8.07. The maximum absolute atomic E-state index is 14.1. The standard InChI is InChI=1S/C34H28Cl2N4O2S/c1-20-5-14-30(21(2)15-20)40-33(42)31(17-25-16-22(3)39(23(25)4)28-12-10-27(36)11-13-28)43-34(40)29(18-37)32(41)38-19-24-6-8-26(35)9-7-24/h5-17H,19H2,1-4H3,(H,38,41)/b31-17-,34-29-. The molecule has 0 saturated carbocycles. The predicted molar refractivity (Wildman–Crippen MR) is 175 cm³/mol. The van der Waals surface area contributed by atoms with Crippen LogP contribution >= 0.6 is 34.5 Å². The molecule has 0 aliphatic rings.